The summed E-state index contributed by atoms with van der Waals surface area (Å²) in [7, 11) is 0. The Balaban J connectivity index is 3.07. The average Bonchev–Trinajstić information content (AvgIpc) is 2.35. The van der Waals surface area contributed by atoms with Crippen LogP contribution >= 0.6 is 11.6 Å². The molecule has 0 saturated heterocycles. The highest BCUT2D eigenvalue weighted by Crippen LogP contribution is 2.31. The van der Waals surface area contributed by atoms with Gasteiger partial charge in [0.2, 0.25) is 0 Å². The molecule has 18 heavy (non-hydrogen) atoms. The van der Waals surface area contributed by atoms with Crippen LogP contribution < -0.4 is 10.6 Å². The van der Waals surface area contributed by atoms with Crippen LogP contribution in [0.3, 0.4) is 0 Å². The molecule has 2 N–H and O–H groups in total. The van der Waals surface area contributed by atoms with E-state index in [0.29, 0.717) is 11.7 Å². The zero-order valence-electron chi connectivity index (χ0n) is 11.3. The number of nitrogens with zero attached hydrogens (tertiary/aromatic N) is 1. The summed E-state index contributed by atoms with van der Waals surface area (Å²) in [6.07, 6.45) is 3.21. The minimum Gasteiger partial charge on any atom is -0.397 e. The molecule has 1 aromatic rings. The van der Waals surface area contributed by atoms with Gasteiger partial charge in [-0.1, -0.05) is 31.9 Å². The van der Waals surface area contributed by atoms with Gasteiger partial charge in [-0.3, -0.25) is 0 Å². The Morgan fingerprint density at radius 2 is 2.06 bits per heavy atom. The molecule has 0 aliphatic heterocycles. The topological polar surface area (TPSA) is 29.3 Å². The van der Waals surface area contributed by atoms with Crippen LogP contribution in [-0.2, 0) is 0 Å². The molecule has 0 saturated carbocycles. The van der Waals surface area contributed by atoms with Crippen molar-refractivity contribution in [2.75, 3.05) is 17.2 Å². The third-order valence-corrected chi connectivity index (χ3v) is 3.54. The van der Waals surface area contributed by atoms with Gasteiger partial charge in [0.05, 0.1) is 16.4 Å². The molecule has 0 aliphatic carbocycles. The second-order valence-corrected chi connectivity index (χ2v) is 5.04. The molecule has 1 aromatic carbocycles. The van der Waals surface area contributed by atoms with Gasteiger partial charge in [0.25, 0.3) is 0 Å². The number of unbranched alkanes of at least 4 members (excludes halogenated alkanes) is 1. The monoisotopic (exact) mass is 272 g/mol. The summed E-state index contributed by atoms with van der Waals surface area (Å²) in [6.45, 7) is 7.34. The molecule has 2 nitrogen and oxygen atoms in total. The second-order valence-electron chi connectivity index (χ2n) is 4.63. The van der Waals surface area contributed by atoms with Gasteiger partial charge in [-0.2, -0.15) is 0 Å². The van der Waals surface area contributed by atoms with Crippen molar-refractivity contribution in [3.63, 3.8) is 0 Å². The maximum atomic E-state index is 13.3. The van der Waals surface area contributed by atoms with Crippen LogP contribution in [0.5, 0.6) is 0 Å². The molecule has 4 heteroatoms. The van der Waals surface area contributed by atoms with Crippen molar-refractivity contribution in [1.82, 2.24) is 0 Å². The maximum absolute atomic E-state index is 13.3. The average molecular weight is 273 g/mol. The van der Waals surface area contributed by atoms with Gasteiger partial charge in [-0.25, -0.2) is 4.39 Å². The van der Waals surface area contributed by atoms with E-state index in [1.807, 2.05) is 0 Å². The Labute approximate surface area is 114 Å². The predicted octanol–water partition coefficient (Wildman–Crippen LogP) is 4.47. The number of rotatable bonds is 6. The van der Waals surface area contributed by atoms with Crippen LogP contribution in [0.15, 0.2) is 12.1 Å². The summed E-state index contributed by atoms with van der Waals surface area (Å²) in [4.78, 5) is 2.21. The van der Waals surface area contributed by atoms with E-state index < -0.39 is 5.82 Å². The molecule has 1 rings (SSSR count). The second kappa shape index (κ2) is 6.83. The summed E-state index contributed by atoms with van der Waals surface area (Å²) in [5, 5.41) is 0.129. The van der Waals surface area contributed by atoms with Gasteiger partial charge in [0.15, 0.2) is 0 Å². The van der Waals surface area contributed by atoms with E-state index in [2.05, 4.69) is 25.7 Å². The lowest BCUT2D eigenvalue weighted by Gasteiger charge is -2.32. The lowest BCUT2D eigenvalue weighted by molar-refractivity contribution is 0.594. The summed E-state index contributed by atoms with van der Waals surface area (Å²) >= 11 is 5.85. The SMILES string of the molecule is CCCCN(c1cc(Cl)c(F)cc1N)C(C)CC. The molecule has 0 bridgehead atoms. The van der Waals surface area contributed by atoms with E-state index in [1.54, 1.807) is 6.07 Å². The van der Waals surface area contributed by atoms with Gasteiger partial charge in [-0.15, -0.1) is 0 Å². The largest absolute Gasteiger partial charge is 0.397 e. The Morgan fingerprint density at radius 3 is 2.61 bits per heavy atom. The van der Waals surface area contributed by atoms with E-state index in [9.17, 15) is 4.39 Å². The number of hydrogen-bond acceptors (Lipinski definition) is 2. The molecule has 0 amide bonds. The number of halogens is 2. The lowest BCUT2D eigenvalue weighted by atomic mass is 10.1. The number of nitrogens with two attached hydrogens (primary N) is 1. The smallest absolute Gasteiger partial charge is 0.143 e. The van der Waals surface area contributed by atoms with Gasteiger partial charge < -0.3 is 10.6 Å². The van der Waals surface area contributed by atoms with Crippen molar-refractivity contribution >= 4 is 23.0 Å². The van der Waals surface area contributed by atoms with Crippen LogP contribution in [0.4, 0.5) is 15.8 Å². The third kappa shape index (κ3) is 3.52. The van der Waals surface area contributed by atoms with Crippen molar-refractivity contribution in [2.24, 2.45) is 0 Å². The molecular weight excluding hydrogens is 251 g/mol. The molecule has 1 atom stereocenters. The Kier molecular flexibility index (Phi) is 5.73. The first-order valence-corrected chi connectivity index (χ1v) is 6.90. The van der Waals surface area contributed by atoms with Crippen LogP contribution in [0.1, 0.15) is 40.0 Å². The third-order valence-electron chi connectivity index (χ3n) is 3.25. The molecule has 1 unspecified atom stereocenters. The Bertz CT molecular complexity index is 396. The molecule has 0 spiro atoms. The minimum atomic E-state index is -0.461. The fourth-order valence-electron chi connectivity index (χ4n) is 1.93. The number of anilines is 2. The summed E-state index contributed by atoms with van der Waals surface area (Å²) in [6, 6.07) is 3.30. The maximum Gasteiger partial charge on any atom is 0.143 e. The lowest BCUT2D eigenvalue weighted by Crippen LogP contribution is -2.34. The first-order chi connectivity index (χ1) is 8.51. The van der Waals surface area contributed by atoms with Gasteiger partial charge in [0, 0.05) is 18.7 Å². The standard InChI is InChI=1S/C14H22ClFN2/c1-4-6-7-18(10(3)5-2)14-8-11(15)12(16)9-13(14)17/h8-10H,4-7,17H2,1-3H3. The van der Waals surface area contributed by atoms with Crippen molar-refractivity contribution in [3.8, 4) is 0 Å². The van der Waals surface area contributed by atoms with E-state index in [-0.39, 0.29) is 5.02 Å². The molecular formula is C14H22ClFN2. The van der Waals surface area contributed by atoms with Gasteiger partial charge >= 0.3 is 0 Å². The first-order valence-electron chi connectivity index (χ1n) is 6.52. The van der Waals surface area contributed by atoms with E-state index in [0.717, 1.165) is 31.5 Å². The van der Waals surface area contributed by atoms with E-state index in [4.69, 9.17) is 17.3 Å². The van der Waals surface area contributed by atoms with Crippen LogP contribution in [-0.4, -0.2) is 12.6 Å². The zero-order chi connectivity index (χ0) is 13.7. The molecule has 0 aliphatic rings. The van der Waals surface area contributed by atoms with Gasteiger partial charge in [-0.05, 0) is 25.8 Å². The van der Waals surface area contributed by atoms with Crippen LogP contribution in [0.2, 0.25) is 5.02 Å². The molecule has 0 aromatic heterocycles. The predicted molar refractivity (Wildman–Crippen MR) is 77.8 cm³/mol. The summed E-state index contributed by atoms with van der Waals surface area (Å²) < 4.78 is 13.3. The summed E-state index contributed by atoms with van der Waals surface area (Å²) in [5.74, 6) is -0.461. The first kappa shape index (κ1) is 15.1. The van der Waals surface area contributed by atoms with E-state index in [1.165, 1.54) is 6.07 Å². The number of nitrogen functional groups attached to an aromatic ring is 1. The number of hydrogen-bond donors (Lipinski definition) is 1. The molecule has 0 fully saturated rings. The molecule has 0 radical (unpaired) electrons. The molecule has 0 heterocycles. The highest BCUT2D eigenvalue weighted by Gasteiger charge is 2.17. The van der Waals surface area contributed by atoms with Crippen molar-refractivity contribution < 1.29 is 4.39 Å². The zero-order valence-corrected chi connectivity index (χ0v) is 12.1. The summed E-state index contributed by atoms with van der Waals surface area (Å²) in [5.41, 5.74) is 7.20. The minimum absolute atomic E-state index is 0.129. The quantitative estimate of drug-likeness (QED) is 0.775. The number of benzene rings is 1. The fraction of sp³-hybridized carbons (Fsp3) is 0.571. The Hall–Kier alpha value is -0.960. The van der Waals surface area contributed by atoms with Crippen LogP contribution in [0, 0.1) is 5.82 Å². The van der Waals surface area contributed by atoms with Gasteiger partial charge in [0.1, 0.15) is 5.82 Å². The fourth-order valence-corrected chi connectivity index (χ4v) is 2.09. The van der Waals surface area contributed by atoms with E-state index >= 15 is 0 Å². The Morgan fingerprint density at radius 1 is 1.39 bits per heavy atom. The van der Waals surface area contributed by atoms with Crippen molar-refractivity contribution in [1.29, 1.82) is 0 Å². The normalized spacial score (nSPS) is 12.5. The molecule has 102 valence electrons. The highest BCUT2D eigenvalue weighted by molar-refractivity contribution is 6.31. The van der Waals surface area contributed by atoms with Crippen LogP contribution in [0.25, 0.3) is 0 Å². The highest BCUT2D eigenvalue weighted by atomic mass is 35.5. The van der Waals surface area contributed by atoms with Crippen molar-refractivity contribution in [3.05, 3.63) is 23.0 Å². The van der Waals surface area contributed by atoms with Crippen molar-refractivity contribution in [2.45, 2.75) is 46.1 Å².